The number of pyridine rings is 1. The van der Waals surface area contributed by atoms with E-state index in [-0.39, 0.29) is 0 Å². The molecule has 4 aromatic rings. The summed E-state index contributed by atoms with van der Waals surface area (Å²) < 4.78 is 2.29. The van der Waals surface area contributed by atoms with Gasteiger partial charge in [0.05, 0.1) is 5.56 Å². The highest BCUT2D eigenvalue weighted by molar-refractivity contribution is 5.94. The van der Waals surface area contributed by atoms with Gasteiger partial charge in [-0.25, -0.2) is 4.57 Å². The van der Waals surface area contributed by atoms with Crippen molar-refractivity contribution in [1.29, 1.82) is 0 Å². The first-order chi connectivity index (χ1) is 13.5. The zero-order valence-electron chi connectivity index (χ0n) is 17.1. The first-order valence-electron chi connectivity index (χ1n) is 10.2. The standard InChI is InChI=1S/C27H26N/c1-17-9-11-24-23-12-10-20-7-5-6-8-21(20)22(23)13-14-25(24)27(17)26-15-18(2)19(3)16-28(26)4/h5-12,15-16H,13-14H2,1-4H3/q+1. The maximum atomic E-state index is 2.36. The molecular formula is C27H26N+. The van der Waals surface area contributed by atoms with Crippen LogP contribution in [0, 0.1) is 20.8 Å². The van der Waals surface area contributed by atoms with Gasteiger partial charge in [-0.3, -0.25) is 0 Å². The molecule has 0 atom stereocenters. The van der Waals surface area contributed by atoms with E-state index in [0.717, 1.165) is 12.8 Å². The Morgan fingerprint density at radius 3 is 2.29 bits per heavy atom. The Bertz CT molecular complexity index is 1250. The largest absolute Gasteiger partial charge is 0.213 e. The van der Waals surface area contributed by atoms with Crippen LogP contribution in [0.3, 0.4) is 0 Å². The predicted octanol–water partition coefficient (Wildman–Crippen LogP) is 6.02. The van der Waals surface area contributed by atoms with E-state index in [1.807, 2.05) is 0 Å². The van der Waals surface area contributed by atoms with E-state index in [1.54, 1.807) is 0 Å². The van der Waals surface area contributed by atoms with Gasteiger partial charge in [0.15, 0.2) is 6.20 Å². The Morgan fingerprint density at radius 1 is 0.714 bits per heavy atom. The van der Waals surface area contributed by atoms with E-state index < -0.39 is 0 Å². The van der Waals surface area contributed by atoms with Crippen LogP contribution in [-0.2, 0) is 19.9 Å². The Labute approximate surface area is 167 Å². The van der Waals surface area contributed by atoms with Crippen molar-refractivity contribution in [2.24, 2.45) is 7.05 Å². The number of aromatic nitrogens is 1. The molecule has 3 aromatic carbocycles. The molecular weight excluding hydrogens is 338 g/mol. The van der Waals surface area contributed by atoms with E-state index in [9.17, 15) is 0 Å². The molecule has 0 saturated carbocycles. The van der Waals surface area contributed by atoms with Crippen molar-refractivity contribution in [3.63, 3.8) is 0 Å². The smallest absolute Gasteiger partial charge is 0.201 e. The number of nitrogens with zero attached hydrogens (tertiary/aromatic N) is 1. The normalized spacial score (nSPS) is 12.7. The van der Waals surface area contributed by atoms with Crippen LogP contribution in [0.4, 0.5) is 0 Å². The average Bonchev–Trinajstić information content (AvgIpc) is 2.70. The lowest BCUT2D eigenvalue weighted by Gasteiger charge is -2.24. The second-order valence-electron chi connectivity index (χ2n) is 8.23. The van der Waals surface area contributed by atoms with Crippen molar-refractivity contribution in [2.45, 2.75) is 33.6 Å². The van der Waals surface area contributed by atoms with Gasteiger partial charge < -0.3 is 0 Å². The third kappa shape index (κ3) is 2.50. The van der Waals surface area contributed by atoms with Crippen LogP contribution in [-0.4, -0.2) is 0 Å². The van der Waals surface area contributed by atoms with Crippen LogP contribution < -0.4 is 4.57 Å². The molecule has 0 spiro atoms. The monoisotopic (exact) mass is 364 g/mol. The summed E-state index contributed by atoms with van der Waals surface area (Å²) in [5.74, 6) is 0. The Hall–Kier alpha value is -2.93. The maximum absolute atomic E-state index is 2.36. The van der Waals surface area contributed by atoms with Gasteiger partial charge in [-0.2, -0.15) is 0 Å². The van der Waals surface area contributed by atoms with Gasteiger partial charge in [0.1, 0.15) is 7.05 Å². The maximum Gasteiger partial charge on any atom is 0.213 e. The highest BCUT2D eigenvalue weighted by Gasteiger charge is 2.25. The molecule has 0 amide bonds. The Morgan fingerprint density at radius 2 is 1.43 bits per heavy atom. The average molecular weight is 365 g/mol. The molecule has 1 aliphatic carbocycles. The van der Waals surface area contributed by atoms with Crippen molar-refractivity contribution in [3.8, 4) is 22.4 Å². The second kappa shape index (κ2) is 6.31. The topological polar surface area (TPSA) is 3.88 Å². The van der Waals surface area contributed by atoms with E-state index in [2.05, 4.69) is 93.2 Å². The van der Waals surface area contributed by atoms with Gasteiger partial charge >= 0.3 is 0 Å². The molecule has 0 bridgehead atoms. The summed E-state index contributed by atoms with van der Waals surface area (Å²) >= 11 is 0. The summed E-state index contributed by atoms with van der Waals surface area (Å²) in [6, 6.07) is 20.4. The molecule has 28 heavy (non-hydrogen) atoms. The Balaban J connectivity index is 1.79. The van der Waals surface area contributed by atoms with E-state index in [4.69, 9.17) is 0 Å². The van der Waals surface area contributed by atoms with Crippen molar-refractivity contribution in [3.05, 3.63) is 88.6 Å². The summed E-state index contributed by atoms with van der Waals surface area (Å²) in [4.78, 5) is 0. The number of fused-ring (bicyclic) bond motifs is 5. The molecule has 1 aromatic heterocycles. The van der Waals surface area contributed by atoms with Crippen molar-refractivity contribution in [2.75, 3.05) is 0 Å². The quantitative estimate of drug-likeness (QED) is 0.364. The number of aryl methyl sites for hydroxylation is 5. The summed E-state index contributed by atoms with van der Waals surface area (Å²) in [7, 11) is 2.17. The molecule has 1 heterocycles. The Kier molecular flexibility index (Phi) is 3.87. The van der Waals surface area contributed by atoms with Crippen molar-refractivity contribution >= 4 is 10.8 Å². The molecule has 138 valence electrons. The van der Waals surface area contributed by atoms with E-state index in [1.165, 1.54) is 61.0 Å². The van der Waals surface area contributed by atoms with Crippen LogP contribution in [0.15, 0.2) is 60.8 Å². The van der Waals surface area contributed by atoms with Crippen molar-refractivity contribution in [1.82, 2.24) is 0 Å². The second-order valence-corrected chi connectivity index (χ2v) is 8.23. The first-order valence-corrected chi connectivity index (χ1v) is 10.2. The van der Waals surface area contributed by atoms with Gasteiger partial charge in [0, 0.05) is 11.6 Å². The lowest BCUT2D eigenvalue weighted by molar-refractivity contribution is -0.660. The number of hydrogen-bond donors (Lipinski definition) is 0. The highest BCUT2D eigenvalue weighted by Crippen LogP contribution is 2.42. The third-order valence-electron chi connectivity index (χ3n) is 6.48. The molecule has 1 aliphatic rings. The van der Waals surface area contributed by atoms with Crippen LogP contribution in [0.5, 0.6) is 0 Å². The minimum Gasteiger partial charge on any atom is -0.201 e. The molecule has 5 rings (SSSR count). The number of benzene rings is 3. The van der Waals surface area contributed by atoms with Crippen molar-refractivity contribution < 1.29 is 4.57 Å². The van der Waals surface area contributed by atoms with Crippen LogP contribution in [0.2, 0.25) is 0 Å². The van der Waals surface area contributed by atoms with Crippen LogP contribution >= 0.6 is 0 Å². The molecule has 0 N–H and O–H groups in total. The SMILES string of the molecule is Cc1cc(-c2c(C)ccc3c2CCc2c-3ccc3ccccc23)[n+](C)cc1C. The molecule has 0 radical (unpaired) electrons. The lowest BCUT2D eigenvalue weighted by Crippen LogP contribution is -2.32. The molecule has 0 saturated heterocycles. The van der Waals surface area contributed by atoms with E-state index in [0.29, 0.717) is 0 Å². The first kappa shape index (κ1) is 17.2. The minimum atomic E-state index is 1.10. The highest BCUT2D eigenvalue weighted by atomic mass is 14.9. The van der Waals surface area contributed by atoms with Gasteiger partial charge in [0.25, 0.3) is 0 Å². The van der Waals surface area contributed by atoms with Gasteiger partial charge in [-0.1, -0.05) is 48.5 Å². The molecule has 1 nitrogen and oxygen atoms in total. The van der Waals surface area contributed by atoms with Gasteiger partial charge in [-0.15, -0.1) is 0 Å². The minimum absolute atomic E-state index is 1.10. The zero-order chi connectivity index (χ0) is 19.4. The summed E-state index contributed by atoms with van der Waals surface area (Å²) in [5.41, 5.74) is 12.6. The number of hydrogen-bond acceptors (Lipinski definition) is 0. The van der Waals surface area contributed by atoms with E-state index >= 15 is 0 Å². The zero-order valence-corrected chi connectivity index (χ0v) is 17.1. The molecule has 0 unspecified atom stereocenters. The molecule has 1 heteroatoms. The van der Waals surface area contributed by atoms with Gasteiger partial charge in [0.2, 0.25) is 5.69 Å². The summed E-state index contributed by atoms with van der Waals surface area (Å²) in [6.45, 7) is 6.65. The molecule has 0 fully saturated rings. The fourth-order valence-electron chi connectivity index (χ4n) is 4.87. The van der Waals surface area contributed by atoms with Crippen LogP contribution in [0.1, 0.15) is 27.8 Å². The fourth-order valence-corrected chi connectivity index (χ4v) is 4.87. The predicted molar refractivity (Wildman–Crippen MR) is 118 cm³/mol. The molecule has 0 aliphatic heterocycles. The number of rotatable bonds is 1. The van der Waals surface area contributed by atoms with Crippen LogP contribution in [0.25, 0.3) is 33.2 Å². The lowest BCUT2D eigenvalue weighted by atomic mass is 9.79. The third-order valence-corrected chi connectivity index (χ3v) is 6.48. The fraction of sp³-hybridized carbons (Fsp3) is 0.222. The summed E-state index contributed by atoms with van der Waals surface area (Å²) in [5, 5.41) is 2.75. The van der Waals surface area contributed by atoms with Gasteiger partial charge in [-0.05, 0) is 77.8 Å². The summed E-state index contributed by atoms with van der Waals surface area (Å²) in [6.07, 6.45) is 4.46.